The van der Waals surface area contributed by atoms with Gasteiger partial charge in [-0.1, -0.05) is 11.8 Å². The van der Waals surface area contributed by atoms with Crippen LogP contribution in [-0.4, -0.2) is 31.4 Å². The Balaban J connectivity index is 2.37. The first-order chi connectivity index (χ1) is 9.31. The number of nitrogens with zero attached hydrogens (tertiary/aromatic N) is 3. The summed E-state index contributed by atoms with van der Waals surface area (Å²) in [5.74, 6) is 0. The highest BCUT2D eigenvalue weighted by molar-refractivity contribution is 9.10. The Labute approximate surface area is 137 Å². The molecule has 0 N–H and O–H groups in total. The molecule has 0 radical (unpaired) electrons. The van der Waals surface area contributed by atoms with E-state index in [1.165, 1.54) is 0 Å². The first-order valence-electron chi connectivity index (χ1n) is 5.78. The van der Waals surface area contributed by atoms with Gasteiger partial charge >= 0.3 is 0 Å². The zero-order chi connectivity index (χ0) is 14.9. The molecule has 2 heterocycles. The summed E-state index contributed by atoms with van der Waals surface area (Å²) < 4.78 is 18.5. The molecule has 0 bridgehead atoms. The summed E-state index contributed by atoms with van der Waals surface area (Å²) in [5.41, 5.74) is 1.35. The highest BCUT2D eigenvalue weighted by atomic mass is 79.9. The molecule has 0 amide bonds. The van der Waals surface area contributed by atoms with Crippen LogP contribution in [0.1, 0.15) is 26.5 Å². The Kier molecular flexibility index (Phi) is 4.99. The van der Waals surface area contributed by atoms with Crippen molar-refractivity contribution < 1.29 is 4.21 Å². The summed E-state index contributed by atoms with van der Waals surface area (Å²) >= 11 is 6.67. The van der Waals surface area contributed by atoms with Crippen molar-refractivity contribution in [2.45, 2.75) is 29.9 Å². The van der Waals surface area contributed by atoms with Gasteiger partial charge in [0, 0.05) is 4.47 Å². The molecule has 108 valence electrons. The summed E-state index contributed by atoms with van der Waals surface area (Å²) in [6.07, 6.45) is 3.53. The molecule has 2 rings (SSSR count). The molecule has 0 fully saturated rings. The minimum absolute atomic E-state index is 0.375. The van der Waals surface area contributed by atoms with Crippen molar-refractivity contribution >= 4 is 66.6 Å². The molecule has 4 nitrogen and oxygen atoms in total. The summed E-state index contributed by atoms with van der Waals surface area (Å²) in [6, 6.07) is 1.97. The fraction of sp³-hybridized carbons (Fsp3) is 0.417. The summed E-state index contributed by atoms with van der Waals surface area (Å²) in [7, 11) is -1.29. The van der Waals surface area contributed by atoms with Gasteiger partial charge in [0.05, 0.1) is 21.4 Å². The maximum Gasteiger partial charge on any atom is 0.172 e. The van der Waals surface area contributed by atoms with E-state index in [4.69, 9.17) is 0 Å². The van der Waals surface area contributed by atoms with Crippen LogP contribution < -0.4 is 0 Å². The van der Waals surface area contributed by atoms with E-state index >= 15 is 0 Å². The lowest BCUT2D eigenvalue weighted by Crippen LogP contribution is -2.19. The van der Waals surface area contributed by atoms with Crippen LogP contribution in [0.3, 0.4) is 0 Å². The molecule has 0 spiro atoms. The lowest BCUT2D eigenvalue weighted by molar-refractivity contribution is 0.651. The van der Waals surface area contributed by atoms with Gasteiger partial charge in [0.25, 0.3) is 0 Å². The monoisotopic (exact) mass is 391 g/mol. The summed E-state index contributed by atoms with van der Waals surface area (Å²) in [6.45, 7) is 5.66. The standard InChI is InChI=1S/C12H14BrN3OS3/c1-12(2,3)20(17)14-6-8-7(13)5-9-10(15-8)16-11(18-4)19-9/h5-6H,1-4H3/t20-/m0/s1. The van der Waals surface area contributed by atoms with E-state index in [9.17, 15) is 4.21 Å². The van der Waals surface area contributed by atoms with Crippen molar-refractivity contribution in [1.82, 2.24) is 9.97 Å². The van der Waals surface area contributed by atoms with Gasteiger partial charge in [0.15, 0.2) is 9.99 Å². The van der Waals surface area contributed by atoms with Crippen molar-refractivity contribution in [3.63, 3.8) is 0 Å². The minimum atomic E-state index is -1.29. The Bertz CT molecular complexity index is 691. The number of thiazole rings is 1. The number of fused-ring (bicyclic) bond motifs is 1. The predicted octanol–water partition coefficient (Wildman–Crippen LogP) is 4.06. The molecule has 2 aromatic rings. The second-order valence-corrected chi connectivity index (χ2v) is 9.83. The maximum absolute atomic E-state index is 11.9. The van der Waals surface area contributed by atoms with E-state index in [1.54, 1.807) is 29.3 Å². The van der Waals surface area contributed by atoms with Crippen LogP contribution in [-0.2, 0) is 11.0 Å². The summed E-state index contributed by atoms with van der Waals surface area (Å²) in [5, 5.41) is 0. The van der Waals surface area contributed by atoms with E-state index in [1.807, 2.05) is 33.1 Å². The Morgan fingerprint density at radius 3 is 2.75 bits per heavy atom. The Morgan fingerprint density at radius 2 is 2.15 bits per heavy atom. The average molecular weight is 392 g/mol. The number of pyridine rings is 1. The van der Waals surface area contributed by atoms with Crippen molar-refractivity contribution in [3.05, 3.63) is 16.2 Å². The zero-order valence-corrected chi connectivity index (χ0v) is 15.5. The van der Waals surface area contributed by atoms with Gasteiger partial charge in [-0.3, -0.25) is 0 Å². The largest absolute Gasteiger partial charge is 0.234 e. The molecular weight excluding hydrogens is 378 g/mol. The van der Waals surface area contributed by atoms with Gasteiger partial charge in [-0.25, -0.2) is 14.2 Å². The topological polar surface area (TPSA) is 55.2 Å². The lowest BCUT2D eigenvalue weighted by atomic mass is 10.3. The molecule has 0 saturated heterocycles. The third-order valence-corrected chi connectivity index (χ3v) is 6.27. The smallest absolute Gasteiger partial charge is 0.172 e. The number of aromatic nitrogens is 2. The molecule has 0 saturated carbocycles. The predicted molar refractivity (Wildman–Crippen MR) is 92.4 cm³/mol. The van der Waals surface area contributed by atoms with Crippen molar-refractivity contribution in [2.24, 2.45) is 4.40 Å². The Hall–Kier alpha value is -0.310. The van der Waals surface area contributed by atoms with Crippen LogP contribution in [0.4, 0.5) is 0 Å². The second kappa shape index (κ2) is 6.21. The highest BCUT2D eigenvalue weighted by Crippen LogP contribution is 2.29. The van der Waals surface area contributed by atoms with Crippen molar-refractivity contribution in [3.8, 4) is 0 Å². The number of rotatable bonds is 3. The van der Waals surface area contributed by atoms with E-state index in [2.05, 4.69) is 30.3 Å². The lowest BCUT2D eigenvalue weighted by Gasteiger charge is -2.12. The number of halogens is 1. The van der Waals surface area contributed by atoms with E-state index < -0.39 is 11.0 Å². The molecule has 0 unspecified atom stereocenters. The van der Waals surface area contributed by atoms with Gasteiger partial charge in [-0.15, -0.1) is 11.3 Å². The SMILES string of the molecule is CSc1nc2nc(C=N[S@@](=O)C(C)(C)C)c(Br)cc2s1. The molecule has 8 heteroatoms. The molecule has 0 aliphatic heterocycles. The van der Waals surface area contributed by atoms with Crippen LogP contribution in [0.25, 0.3) is 10.3 Å². The molecular formula is C12H14BrN3OS3. The minimum Gasteiger partial charge on any atom is -0.234 e. The van der Waals surface area contributed by atoms with Crippen LogP contribution in [0.2, 0.25) is 0 Å². The molecule has 0 aromatic carbocycles. The first-order valence-corrected chi connectivity index (χ1v) is 9.72. The quantitative estimate of drug-likeness (QED) is 0.584. The fourth-order valence-electron chi connectivity index (χ4n) is 1.27. The van der Waals surface area contributed by atoms with Gasteiger partial charge in [0.1, 0.15) is 11.0 Å². The molecule has 1 atom stereocenters. The number of thioether (sulfide) groups is 1. The van der Waals surface area contributed by atoms with Gasteiger partial charge < -0.3 is 0 Å². The van der Waals surface area contributed by atoms with Gasteiger partial charge in [0.2, 0.25) is 0 Å². The molecule has 2 aromatic heterocycles. The molecule has 0 aliphatic carbocycles. The van der Waals surface area contributed by atoms with Crippen molar-refractivity contribution in [2.75, 3.05) is 6.26 Å². The normalized spacial score (nSPS) is 14.2. The average Bonchev–Trinajstić information content (AvgIpc) is 2.76. The molecule has 0 aliphatic rings. The van der Waals surface area contributed by atoms with E-state index in [0.29, 0.717) is 11.3 Å². The third-order valence-electron chi connectivity index (χ3n) is 2.31. The summed E-state index contributed by atoms with van der Waals surface area (Å²) in [4.78, 5) is 8.87. The van der Waals surface area contributed by atoms with Crippen LogP contribution in [0.15, 0.2) is 19.3 Å². The van der Waals surface area contributed by atoms with E-state index in [0.717, 1.165) is 13.5 Å². The highest BCUT2D eigenvalue weighted by Gasteiger charge is 2.18. The number of hydrogen-bond acceptors (Lipinski definition) is 5. The van der Waals surface area contributed by atoms with Crippen molar-refractivity contribution in [1.29, 1.82) is 0 Å². The van der Waals surface area contributed by atoms with Crippen LogP contribution in [0, 0.1) is 0 Å². The number of hydrogen-bond donors (Lipinski definition) is 0. The molecule has 20 heavy (non-hydrogen) atoms. The van der Waals surface area contributed by atoms with Gasteiger partial charge in [-0.2, -0.15) is 4.40 Å². The fourth-order valence-corrected chi connectivity index (χ4v) is 3.81. The van der Waals surface area contributed by atoms with Gasteiger partial charge in [-0.05, 0) is 49.0 Å². The zero-order valence-electron chi connectivity index (χ0n) is 11.5. The Morgan fingerprint density at radius 1 is 1.45 bits per heavy atom. The van der Waals surface area contributed by atoms with Crippen LogP contribution >= 0.6 is 39.0 Å². The van der Waals surface area contributed by atoms with Crippen LogP contribution in [0.5, 0.6) is 0 Å². The maximum atomic E-state index is 11.9. The first kappa shape index (κ1) is 16.1. The second-order valence-electron chi connectivity index (χ2n) is 4.96. The van der Waals surface area contributed by atoms with E-state index in [-0.39, 0.29) is 4.75 Å². The third kappa shape index (κ3) is 3.66.